The first-order valence-electron chi connectivity index (χ1n) is 5.26. The molecule has 0 aliphatic heterocycles. The molecule has 1 aromatic heterocycles. The van der Waals surface area contributed by atoms with Crippen LogP contribution < -0.4 is 5.32 Å². The average molecular weight is 193 g/mol. The molecule has 3 nitrogen and oxygen atoms in total. The van der Waals surface area contributed by atoms with Crippen LogP contribution in [0.2, 0.25) is 0 Å². The largest absolute Gasteiger partial charge is 0.311 e. The molecule has 0 spiro atoms. The molecule has 1 aromatic rings. The van der Waals surface area contributed by atoms with Gasteiger partial charge in [-0.3, -0.25) is 9.97 Å². The Morgan fingerprint density at radius 2 is 2.00 bits per heavy atom. The van der Waals surface area contributed by atoms with E-state index in [4.69, 9.17) is 0 Å². The molecule has 1 rings (SSSR count). The molecular formula is C11H19N3. The molecule has 14 heavy (non-hydrogen) atoms. The molecule has 1 N–H and O–H groups in total. The van der Waals surface area contributed by atoms with Crippen LogP contribution in [0, 0.1) is 5.92 Å². The fourth-order valence-electron chi connectivity index (χ4n) is 1.86. The molecule has 0 amide bonds. The molecular weight excluding hydrogens is 174 g/mol. The van der Waals surface area contributed by atoms with Crippen molar-refractivity contribution < 1.29 is 0 Å². The van der Waals surface area contributed by atoms with Crippen molar-refractivity contribution in [2.24, 2.45) is 5.92 Å². The Morgan fingerprint density at radius 1 is 1.29 bits per heavy atom. The molecule has 0 fully saturated rings. The molecule has 0 radical (unpaired) electrons. The number of nitrogens with zero attached hydrogens (tertiary/aromatic N) is 2. The van der Waals surface area contributed by atoms with Crippen molar-refractivity contribution in [1.29, 1.82) is 0 Å². The minimum Gasteiger partial charge on any atom is -0.311 e. The Bertz CT molecular complexity index is 244. The lowest BCUT2D eigenvalue weighted by molar-refractivity contribution is 0.352. The van der Waals surface area contributed by atoms with Gasteiger partial charge >= 0.3 is 0 Å². The summed E-state index contributed by atoms with van der Waals surface area (Å²) in [4.78, 5) is 8.44. The smallest absolute Gasteiger partial charge is 0.0758 e. The summed E-state index contributed by atoms with van der Waals surface area (Å²) in [5.74, 6) is 0.636. The third-order valence-electron chi connectivity index (χ3n) is 2.73. The lowest BCUT2D eigenvalue weighted by Crippen LogP contribution is -2.25. The van der Waals surface area contributed by atoms with Crippen molar-refractivity contribution in [2.75, 3.05) is 7.05 Å². The monoisotopic (exact) mass is 193 g/mol. The quantitative estimate of drug-likeness (QED) is 0.778. The molecule has 1 heterocycles. The molecule has 0 saturated heterocycles. The standard InChI is InChI=1S/C11H19N3/c1-4-9(5-2)11(12-3)10-8-13-6-7-14-10/h6-9,11-12H,4-5H2,1-3H3. The van der Waals surface area contributed by atoms with Crippen LogP contribution in [0.15, 0.2) is 18.6 Å². The van der Waals surface area contributed by atoms with Crippen LogP contribution in [0.25, 0.3) is 0 Å². The number of hydrogen-bond acceptors (Lipinski definition) is 3. The van der Waals surface area contributed by atoms with Gasteiger partial charge in [0.2, 0.25) is 0 Å². The topological polar surface area (TPSA) is 37.8 Å². The zero-order chi connectivity index (χ0) is 10.4. The van der Waals surface area contributed by atoms with E-state index in [0.717, 1.165) is 5.69 Å². The highest BCUT2D eigenvalue weighted by Crippen LogP contribution is 2.24. The van der Waals surface area contributed by atoms with Crippen molar-refractivity contribution in [3.8, 4) is 0 Å². The number of aromatic nitrogens is 2. The summed E-state index contributed by atoms with van der Waals surface area (Å²) in [7, 11) is 1.98. The predicted octanol–water partition coefficient (Wildman–Crippen LogP) is 2.17. The second-order valence-electron chi connectivity index (χ2n) is 3.47. The minimum atomic E-state index is 0.332. The van der Waals surface area contributed by atoms with Crippen LogP contribution in [-0.2, 0) is 0 Å². The summed E-state index contributed by atoms with van der Waals surface area (Å²) in [5, 5.41) is 3.32. The second-order valence-corrected chi connectivity index (χ2v) is 3.47. The highest BCUT2D eigenvalue weighted by Gasteiger charge is 2.19. The van der Waals surface area contributed by atoms with Gasteiger partial charge in [-0.1, -0.05) is 26.7 Å². The van der Waals surface area contributed by atoms with E-state index in [9.17, 15) is 0 Å². The van der Waals surface area contributed by atoms with Crippen LogP contribution in [0.4, 0.5) is 0 Å². The van der Waals surface area contributed by atoms with E-state index >= 15 is 0 Å². The van der Waals surface area contributed by atoms with Gasteiger partial charge in [-0.05, 0) is 13.0 Å². The van der Waals surface area contributed by atoms with Gasteiger partial charge in [0.1, 0.15) is 0 Å². The highest BCUT2D eigenvalue weighted by molar-refractivity contribution is 5.03. The summed E-state index contributed by atoms with van der Waals surface area (Å²) in [6, 6.07) is 0.332. The van der Waals surface area contributed by atoms with Crippen LogP contribution in [0.1, 0.15) is 38.4 Å². The predicted molar refractivity (Wildman–Crippen MR) is 57.9 cm³/mol. The second kappa shape index (κ2) is 5.70. The SMILES string of the molecule is CCC(CC)C(NC)c1cnccn1. The zero-order valence-electron chi connectivity index (χ0n) is 9.20. The Hall–Kier alpha value is -0.960. The highest BCUT2D eigenvalue weighted by atomic mass is 14.9. The normalized spacial score (nSPS) is 13.1. The van der Waals surface area contributed by atoms with E-state index in [0.29, 0.717) is 12.0 Å². The molecule has 0 aromatic carbocycles. The zero-order valence-corrected chi connectivity index (χ0v) is 9.20. The van der Waals surface area contributed by atoms with E-state index in [1.54, 1.807) is 12.4 Å². The van der Waals surface area contributed by atoms with Gasteiger partial charge < -0.3 is 5.32 Å². The number of nitrogens with one attached hydrogen (secondary N) is 1. The Balaban J connectivity index is 2.81. The van der Waals surface area contributed by atoms with Crippen molar-refractivity contribution in [3.05, 3.63) is 24.3 Å². The molecule has 1 unspecified atom stereocenters. The van der Waals surface area contributed by atoms with Gasteiger partial charge in [-0.2, -0.15) is 0 Å². The van der Waals surface area contributed by atoms with E-state index in [2.05, 4.69) is 29.1 Å². The fourth-order valence-corrected chi connectivity index (χ4v) is 1.86. The van der Waals surface area contributed by atoms with Crippen LogP contribution in [0.5, 0.6) is 0 Å². The van der Waals surface area contributed by atoms with E-state index < -0.39 is 0 Å². The molecule has 0 aliphatic rings. The maximum absolute atomic E-state index is 4.34. The van der Waals surface area contributed by atoms with Crippen LogP contribution in [0.3, 0.4) is 0 Å². The van der Waals surface area contributed by atoms with E-state index in [1.165, 1.54) is 12.8 Å². The van der Waals surface area contributed by atoms with Gasteiger partial charge in [0.15, 0.2) is 0 Å². The lowest BCUT2D eigenvalue weighted by Gasteiger charge is -2.23. The first kappa shape index (κ1) is 11.1. The van der Waals surface area contributed by atoms with Gasteiger partial charge in [-0.25, -0.2) is 0 Å². The number of rotatable bonds is 5. The molecule has 1 atom stereocenters. The molecule has 0 bridgehead atoms. The first-order valence-corrected chi connectivity index (χ1v) is 5.26. The molecule has 0 aliphatic carbocycles. The minimum absolute atomic E-state index is 0.332. The molecule has 0 saturated carbocycles. The van der Waals surface area contributed by atoms with Gasteiger partial charge in [0, 0.05) is 18.6 Å². The summed E-state index contributed by atoms with van der Waals surface area (Å²) in [6.45, 7) is 4.43. The van der Waals surface area contributed by atoms with Crippen LogP contribution in [-0.4, -0.2) is 17.0 Å². The third-order valence-corrected chi connectivity index (χ3v) is 2.73. The summed E-state index contributed by atoms with van der Waals surface area (Å²) >= 11 is 0. The summed E-state index contributed by atoms with van der Waals surface area (Å²) in [6.07, 6.45) is 7.64. The van der Waals surface area contributed by atoms with Crippen molar-refractivity contribution in [3.63, 3.8) is 0 Å². The average Bonchev–Trinajstić information content (AvgIpc) is 2.27. The Labute approximate surface area is 86.0 Å². The van der Waals surface area contributed by atoms with Gasteiger partial charge in [0.25, 0.3) is 0 Å². The van der Waals surface area contributed by atoms with E-state index in [1.807, 2.05) is 13.2 Å². The molecule has 3 heteroatoms. The van der Waals surface area contributed by atoms with Crippen molar-refractivity contribution in [1.82, 2.24) is 15.3 Å². The number of hydrogen-bond donors (Lipinski definition) is 1. The van der Waals surface area contributed by atoms with Gasteiger partial charge in [-0.15, -0.1) is 0 Å². The summed E-state index contributed by atoms with van der Waals surface area (Å²) in [5.41, 5.74) is 1.05. The van der Waals surface area contributed by atoms with E-state index in [-0.39, 0.29) is 0 Å². The Kier molecular flexibility index (Phi) is 4.53. The molecule has 78 valence electrons. The van der Waals surface area contributed by atoms with Gasteiger partial charge in [0.05, 0.1) is 11.7 Å². The first-order chi connectivity index (χ1) is 6.83. The van der Waals surface area contributed by atoms with Crippen LogP contribution >= 0.6 is 0 Å². The lowest BCUT2D eigenvalue weighted by atomic mass is 9.92. The summed E-state index contributed by atoms with van der Waals surface area (Å²) < 4.78 is 0. The third kappa shape index (κ3) is 2.51. The van der Waals surface area contributed by atoms with Crippen molar-refractivity contribution >= 4 is 0 Å². The van der Waals surface area contributed by atoms with Crippen molar-refractivity contribution in [2.45, 2.75) is 32.7 Å². The Morgan fingerprint density at radius 3 is 2.43 bits per heavy atom. The maximum Gasteiger partial charge on any atom is 0.0758 e. The fraction of sp³-hybridized carbons (Fsp3) is 0.636. The maximum atomic E-state index is 4.34.